The van der Waals surface area contributed by atoms with E-state index in [1.165, 1.54) is 12.0 Å². The first kappa shape index (κ1) is 23.9. The number of carbonyl (C=O) groups is 2. The van der Waals surface area contributed by atoms with Crippen LogP contribution in [0.25, 0.3) is 11.8 Å². The number of esters is 1. The van der Waals surface area contributed by atoms with Crippen molar-refractivity contribution in [2.75, 3.05) is 12.0 Å². The Bertz CT molecular complexity index is 1400. The number of halogens is 2. The number of amides is 1. The molecule has 1 aliphatic rings. The summed E-state index contributed by atoms with van der Waals surface area (Å²) in [5, 5.41) is 1.14. The number of rotatable bonds is 4. The highest BCUT2D eigenvalue weighted by Crippen LogP contribution is 2.37. The van der Waals surface area contributed by atoms with Gasteiger partial charge in [0, 0.05) is 32.8 Å². The van der Waals surface area contributed by atoms with Gasteiger partial charge in [-0.25, -0.2) is 4.79 Å². The molecule has 34 heavy (non-hydrogen) atoms. The van der Waals surface area contributed by atoms with E-state index >= 15 is 0 Å². The lowest BCUT2D eigenvalue weighted by Gasteiger charge is -2.18. The Labute approximate surface area is 208 Å². The average Bonchev–Trinajstić information content (AvgIpc) is 3.21. The second kappa shape index (κ2) is 9.16. The molecule has 7 heteroatoms. The Kier molecular flexibility index (Phi) is 6.43. The number of nitrogens with zero attached hydrogens (tertiary/aromatic N) is 2. The quantitative estimate of drug-likeness (QED) is 0.303. The smallest absolute Gasteiger partial charge is 0.340 e. The van der Waals surface area contributed by atoms with Crippen LogP contribution in [-0.2, 0) is 14.3 Å². The molecule has 0 unspecified atom stereocenters. The third-order valence-electron chi connectivity index (χ3n) is 6.04. The fourth-order valence-corrected chi connectivity index (χ4v) is 4.74. The Morgan fingerprint density at radius 2 is 1.68 bits per heavy atom. The van der Waals surface area contributed by atoms with Crippen LogP contribution < -0.4 is 4.90 Å². The summed E-state index contributed by atoms with van der Waals surface area (Å²) in [6.07, 6.45) is 1.75. The van der Waals surface area contributed by atoms with E-state index in [1.807, 2.05) is 45.0 Å². The standard InChI is InChI=1S/C27H24Cl2N2O3/c1-15-9-10-21(29)14-24(15)30-16(2)11-19(17(30)3)12-23-25(27(33)34-5)18(4)31(26(23)32)22-8-6-7-20(28)13-22/h6-14H,1-5H3/b23-12-. The molecule has 0 saturated carbocycles. The molecular formula is C27H24Cl2N2O3. The number of allylic oxidation sites excluding steroid dienone is 1. The molecule has 1 aromatic heterocycles. The summed E-state index contributed by atoms with van der Waals surface area (Å²) in [7, 11) is 1.31. The summed E-state index contributed by atoms with van der Waals surface area (Å²) >= 11 is 12.4. The minimum Gasteiger partial charge on any atom is -0.465 e. The van der Waals surface area contributed by atoms with Gasteiger partial charge in [0.25, 0.3) is 5.91 Å². The minimum absolute atomic E-state index is 0.233. The molecule has 0 radical (unpaired) electrons. The topological polar surface area (TPSA) is 51.5 Å². The van der Waals surface area contributed by atoms with Crippen molar-refractivity contribution in [3.8, 4) is 5.69 Å². The largest absolute Gasteiger partial charge is 0.465 e. The summed E-state index contributed by atoms with van der Waals surface area (Å²) in [5.41, 5.74) is 6.33. The van der Waals surface area contributed by atoms with Gasteiger partial charge in [0.05, 0.1) is 23.9 Å². The van der Waals surface area contributed by atoms with Gasteiger partial charge in [-0.05, 0) is 81.3 Å². The fourth-order valence-electron chi connectivity index (χ4n) is 4.39. The molecule has 3 aromatic rings. The molecular weight excluding hydrogens is 471 g/mol. The summed E-state index contributed by atoms with van der Waals surface area (Å²) < 4.78 is 7.12. The maximum absolute atomic E-state index is 13.6. The molecule has 0 atom stereocenters. The summed E-state index contributed by atoms with van der Waals surface area (Å²) in [6, 6.07) is 14.7. The van der Waals surface area contributed by atoms with Crippen molar-refractivity contribution in [2.45, 2.75) is 27.7 Å². The first-order valence-electron chi connectivity index (χ1n) is 10.7. The first-order chi connectivity index (χ1) is 16.1. The molecule has 0 fully saturated rings. The Morgan fingerprint density at radius 3 is 2.35 bits per heavy atom. The second-order valence-corrected chi connectivity index (χ2v) is 9.10. The number of methoxy groups -OCH3 is 1. The number of hydrogen-bond acceptors (Lipinski definition) is 3. The Balaban J connectivity index is 1.88. The molecule has 1 aliphatic heterocycles. The monoisotopic (exact) mass is 494 g/mol. The number of ether oxygens (including phenoxy) is 1. The molecule has 2 heterocycles. The lowest BCUT2D eigenvalue weighted by Crippen LogP contribution is -2.24. The maximum Gasteiger partial charge on any atom is 0.340 e. The minimum atomic E-state index is -0.568. The first-order valence-corrected chi connectivity index (χ1v) is 11.5. The molecule has 0 saturated heterocycles. The molecule has 5 nitrogen and oxygen atoms in total. The van der Waals surface area contributed by atoms with Crippen molar-refractivity contribution in [2.24, 2.45) is 0 Å². The van der Waals surface area contributed by atoms with Crippen molar-refractivity contribution in [3.63, 3.8) is 0 Å². The van der Waals surface area contributed by atoms with Crippen LogP contribution in [0, 0.1) is 20.8 Å². The van der Waals surface area contributed by atoms with E-state index in [0.29, 0.717) is 21.4 Å². The van der Waals surface area contributed by atoms with E-state index in [9.17, 15) is 9.59 Å². The highest BCUT2D eigenvalue weighted by Gasteiger charge is 2.38. The molecule has 174 valence electrons. The van der Waals surface area contributed by atoms with Gasteiger partial charge in [-0.15, -0.1) is 0 Å². The van der Waals surface area contributed by atoms with Crippen LogP contribution in [0.15, 0.2) is 65.4 Å². The number of anilines is 1. The van der Waals surface area contributed by atoms with Gasteiger partial charge in [0.15, 0.2) is 0 Å². The number of carbonyl (C=O) groups excluding carboxylic acids is 2. The number of aromatic nitrogens is 1. The molecule has 1 amide bonds. The van der Waals surface area contributed by atoms with E-state index in [-0.39, 0.29) is 17.1 Å². The third-order valence-corrected chi connectivity index (χ3v) is 6.51. The van der Waals surface area contributed by atoms with Gasteiger partial charge < -0.3 is 9.30 Å². The van der Waals surface area contributed by atoms with E-state index < -0.39 is 5.97 Å². The number of aryl methyl sites for hydroxylation is 2. The van der Waals surface area contributed by atoms with Gasteiger partial charge in [0.2, 0.25) is 0 Å². The molecule has 0 N–H and O–H groups in total. The van der Waals surface area contributed by atoms with Gasteiger partial charge in [0.1, 0.15) is 0 Å². The van der Waals surface area contributed by atoms with Gasteiger partial charge in [-0.2, -0.15) is 0 Å². The van der Waals surface area contributed by atoms with Gasteiger partial charge >= 0.3 is 5.97 Å². The second-order valence-electron chi connectivity index (χ2n) is 8.22. The zero-order chi connectivity index (χ0) is 24.7. The van der Waals surface area contributed by atoms with Crippen molar-refractivity contribution in [1.82, 2.24) is 4.57 Å². The van der Waals surface area contributed by atoms with Crippen LogP contribution in [0.3, 0.4) is 0 Å². The zero-order valence-electron chi connectivity index (χ0n) is 19.6. The predicted molar refractivity (Wildman–Crippen MR) is 137 cm³/mol. The lowest BCUT2D eigenvalue weighted by molar-refractivity contribution is -0.136. The molecule has 0 bridgehead atoms. The SMILES string of the molecule is COC(=O)C1=C(C)N(c2cccc(Cl)c2)C(=O)/C1=C\c1cc(C)n(-c2cc(Cl)ccc2C)c1C. The van der Waals surface area contributed by atoms with Crippen molar-refractivity contribution in [3.05, 3.63) is 97.9 Å². The molecule has 2 aromatic carbocycles. The van der Waals surface area contributed by atoms with Crippen LogP contribution in [0.5, 0.6) is 0 Å². The van der Waals surface area contributed by atoms with Crippen molar-refractivity contribution >= 4 is 46.8 Å². The number of benzene rings is 2. The fraction of sp³-hybridized carbons (Fsp3) is 0.185. The summed E-state index contributed by atoms with van der Waals surface area (Å²) in [6.45, 7) is 7.71. The summed E-state index contributed by atoms with van der Waals surface area (Å²) in [4.78, 5) is 27.8. The maximum atomic E-state index is 13.6. The van der Waals surface area contributed by atoms with Crippen LogP contribution in [0.1, 0.15) is 29.4 Å². The molecule has 0 aliphatic carbocycles. The molecule has 0 spiro atoms. The van der Waals surface area contributed by atoms with Gasteiger partial charge in [-0.3, -0.25) is 9.69 Å². The Morgan fingerprint density at radius 1 is 0.971 bits per heavy atom. The normalized spacial score (nSPS) is 15.0. The summed E-state index contributed by atoms with van der Waals surface area (Å²) in [5.74, 6) is -0.884. The lowest BCUT2D eigenvalue weighted by atomic mass is 10.0. The van der Waals surface area contributed by atoms with E-state index in [1.54, 1.807) is 37.3 Å². The van der Waals surface area contributed by atoms with Crippen molar-refractivity contribution in [1.29, 1.82) is 0 Å². The van der Waals surface area contributed by atoms with Crippen LogP contribution in [-0.4, -0.2) is 23.6 Å². The van der Waals surface area contributed by atoms with E-state index in [4.69, 9.17) is 27.9 Å². The zero-order valence-corrected chi connectivity index (χ0v) is 21.1. The highest BCUT2D eigenvalue weighted by atomic mass is 35.5. The van der Waals surface area contributed by atoms with Crippen LogP contribution in [0.4, 0.5) is 5.69 Å². The molecule has 4 rings (SSSR count). The Hall–Kier alpha value is -3.28. The van der Waals surface area contributed by atoms with Gasteiger partial charge in [-0.1, -0.05) is 35.3 Å². The third kappa shape index (κ3) is 4.06. The van der Waals surface area contributed by atoms with Crippen LogP contribution in [0.2, 0.25) is 10.0 Å². The highest BCUT2D eigenvalue weighted by molar-refractivity contribution is 6.31. The van der Waals surface area contributed by atoms with Crippen LogP contribution >= 0.6 is 23.2 Å². The predicted octanol–water partition coefficient (Wildman–Crippen LogP) is 6.59. The average molecular weight is 495 g/mol. The van der Waals surface area contributed by atoms with Crippen molar-refractivity contribution < 1.29 is 14.3 Å². The van der Waals surface area contributed by atoms with E-state index in [2.05, 4.69) is 4.57 Å². The number of hydrogen-bond donors (Lipinski definition) is 0. The van der Waals surface area contributed by atoms with E-state index in [0.717, 1.165) is 28.2 Å².